The number of nitrogens with zero attached hydrogens (tertiary/aromatic N) is 13. The number of likely N-dealkylation sites (tertiary alicyclic amines) is 2. The third-order valence-corrected chi connectivity index (χ3v) is 17.4. The second kappa shape index (κ2) is 29.3. The van der Waals surface area contributed by atoms with Crippen LogP contribution in [0.1, 0.15) is 84.7 Å². The number of ether oxygens (including phenoxy) is 2. The summed E-state index contributed by atoms with van der Waals surface area (Å²) in [7, 11) is 4.26. The Bertz CT molecular complexity index is 3210. The summed E-state index contributed by atoms with van der Waals surface area (Å²) in [5.74, 6) is -0.177. The van der Waals surface area contributed by atoms with Gasteiger partial charge in [0.25, 0.3) is 0 Å². The number of alkyl halides is 6. The third-order valence-electron chi connectivity index (χ3n) is 17.4. The normalized spacial score (nSPS) is 20.9. The molecule has 18 nitrogen and oxygen atoms in total. The average molecular weight is 1220 g/mol. The van der Waals surface area contributed by atoms with E-state index in [4.69, 9.17) is 47.7 Å². The Labute approximate surface area is 507 Å². The van der Waals surface area contributed by atoms with Gasteiger partial charge in [-0.3, -0.25) is 4.79 Å². The van der Waals surface area contributed by atoms with Crippen molar-refractivity contribution in [3.8, 4) is 12.0 Å². The number of anilines is 4. The molecule has 4 aromatic rings. The molecule has 10 rings (SSSR count). The number of aryl methyl sites for hydroxylation is 2. The smallest absolute Gasteiger partial charge is 0.410 e. The van der Waals surface area contributed by atoms with E-state index in [-0.39, 0.29) is 45.3 Å². The standard InChI is InChI=1S/C31H38F3N7O2.C28H38N6O.C4H3F3O2.H2/c1-21-7-5-9-27(22(21)2)39-14-11-25-26(19-39)36-30(43-20-23-8-6-13-38(23)4)37-29(25)40-15-16-41(24(18-40)17-35-3)28(42)10-12-31(32,33)34;1-20-8-5-11-26(21(20)2)33-15-12-24-25(18-33)30-28(35-19-23-10-7-13-32(23)4)31-27(24)34-14-6-9-22(17-34)16-29-3;5-4(6,7)2-1-3(8)9;/h5,7,9-10,12,23-24H,6,8,11,13-20H2,1-2,4H3;5,8,11,22-23H,6-7,9-10,12-19H2,1-2,4H3;1-2H,(H,8,9);1H/b12-10+;;2-1+;/t23-,24-;22-,23-;;/m00../s1/i;;;1+1. The third kappa shape index (κ3) is 17.5. The molecule has 0 radical (unpaired) electrons. The number of piperidine rings is 1. The van der Waals surface area contributed by atoms with Gasteiger partial charge in [0.05, 0.1) is 24.5 Å². The Morgan fingerprint density at radius 1 is 0.621 bits per heavy atom. The predicted molar refractivity (Wildman–Crippen MR) is 323 cm³/mol. The highest BCUT2D eigenvalue weighted by Crippen LogP contribution is 2.37. The summed E-state index contributed by atoms with van der Waals surface area (Å²) in [4.78, 5) is 64.3. The number of halogens is 6. The number of carbonyl (C=O) groups is 2. The van der Waals surface area contributed by atoms with Gasteiger partial charge in [0, 0.05) is 112 Å². The molecule has 0 spiro atoms. The van der Waals surface area contributed by atoms with Crippen LogP contribution in [0.5, 0.6) is 12.0 Å². The van der Waals surface area contributed by atoms with Crippen molar-refractivity contribution in [3.63, 3.8) is 0 Å². The van der Waals surface area contributed by atoms with Crippen LogP contribution in [0.25, 0.3) is 9.69 Å². The van der Waals surface area contributed by atoms with Crippen molar-refractivity contribution in [2.45, 2.75) is 123 Å². The van der Waals surface area contributed by atoms with Gasteiger partial charge in [-0.1, -0.05) is 24.3 Å². The zero-order valence-electron chi connectivity index (χ0n) is 50.5. The van der Waals surface area contributed by atoms with Crippen molar-refractivity contribution >= 4 is 34.9 Å². The number of fused-ring (bicyclic) bond motifs is 2. The number of piperazine rings is 1. The minimum atomic E-state index is -4.58. The molecular weight excluding hydrogens is 1130 g/mol. The van der Waals surface area contributed by atoms with E-state index in [1.807, 2.05) is 4.90 Å². The van der Waals surface area contributed by atoms with Crippen LogP contribution < -0.4 is 29.1 Å². The first-order valence-corrected chi connectivity index (χ1v) is 29.8. The fraction of sp³-hybridized carbons (Fsp3) is 0.556. The van der Waals surface area contributed by atoms with E-state index in [2.05, 4.69) is 112 Å². The van der Waals surface area contributed by atoms with Gasteiger partial charge in [0.2, 0.25) is 19.0 Å². The van der Waals surface area contributed by atoms with Gasteiger partial charge in [-0.05, 0) is 141 Å². The Kier molecular flexibility index (Phi) is 22.0. The molecule has 0 aliphatic carbocycles. The number of carboxylic acids is 1. The van der Waals surface area contributed by atoms with Crippen LogP contribution >= 0.6 is 0 Å². The molecule has 1 N–H and O–H groups in total. The fourth-order valence-electron chi connectivity index (χ4n) is 12.3. The van der Waals surface area contributed by atoms with E-state index in [0.29, 0.717) is 75.1 Å². The van der Waals surface area contributed by atoms with Gasteiger partial charge in [0.15, 0.2) is 0 Å². The van der Waals surface area contributed by atoms with Gasteiger partial charge in [0.1, 0.15) is 30.9 Å². The van der Waals surface area contributed by atoms with Crippen LogP contribution in [0.15, 0.2) is 60.7 Å². The molecule has 4 fully saturated rings. The number of allylic oxidation sites excluding steroid dienone is 2. The van der Waals surface area contributed by atoms with Crippen LogP contribution in [0.2, 0.25) is 0 Å². The second-order valence-corrected chi connectivity index (χ2v) is 23.3. The summed E-state index contributed by atoms with van der Waals surface area (Å²) < 4.78 is 83.8. The highest BCUT2D eigenvalue weighted by molar-refractivity contribution is 5.88. The summed E-state index contributed by atoms with van der Waals surface area (Å²) in [5, 5.41) is 7.69. The van der Waals surface area contributed by atoms with Crippen LogP contribution in [0.3, 0.4) is 0 Å². The molecule has 6 aliphatic heterocycles. The maximum Gasteiger partial charge on any atom is 0.410 e. The first-order chi connectivity index (χ1) is 41.5. The van der Waals surface area contributed by atoms with E-state index >= 15 is 0 Å². The van der Waals surface area contributed by atoms with Crippen LogP contribution in [-0.2, 0) is 35.5 Å². The summed E-state index contributed by atoms with van der Waals surface area (Å²) in [6.07, 6.45) is -0.493. The molecule has 6 aliphatic rings. The molecule has 24 heteroatoms. The molecule has 2 aromatic heterocycles. The molecule has 470 valence electrons. The van der Waals surface area contributed by atoms with Gasteiger partial charge < -0.3 is 58.6 Å². The molecule has 8 heterocycles. The Morgan fingerprint density at radius 2 is 1.10 bits per heavy atom. The highest BCUT2D eigenvalue weighted by Gasteiger charge is 2.37. The Balaban J connectivity index is 0.000000221. The monoisotopic (exact) mass is 1210 g/mol. The van der Waals surface area contributed by atoms with Gasteiger partial charge in [-0.2, -0.15) is 46.3 Å². The first-order valence-electron chi connectivity index (χ1n) is 29.8. The SMILES string of the molecule is O=C(O)/C=C/C(F)(F)F.[2HH].[C-]#[N+]C[C@@H]1CCCN(c2nc(OC[C@@H]3CCCN3C)nc3c2CCN(c2cccc(C)c2C)C3)C1.[C-]#[N+]C[C@H]1CN(c2nc(OC[C@@H]3CCCN3C)nc3c2CCN(c2cccc(C)c2C)C3)CCN1C(=O)/C=C/C(F)(F)F. The molecule has 2 aromatic carbocycles. The zero-order chi connectivity index (χ0) is 62.6. The van der Waals surface area contributed by atoms with Crippen molar-refractivity contribution in [2.75, 3.05) is 119 Å². The van der Waals surface area contributed by atoms with E-state index in [0.717, 1.165) is 106 Å². The maximum atomic E-state index is 12.7. The molecule has 0 unspecified atom stereocenters. The Hall–Kier alpha value is -7.70. The van der Waals surface area contributed by atoms with E-state index in [1.54, 1.807) is 0 Å². The van der Waals surface area contributed by atoms with Crippen LogP contribution in [-0.4, -0.2) is 181 Å². The van der Waals surface area contributed by atoms with Gasteiger partial charge in [-0.25, -0.2) is 17.9 Å². The number of aromatic nitrogens is 4. The maximum absolute atomic E-state index is 12.7. The van der Waals surface area contributed by atoms with E-state index < -0.39 is 30.3 Å². The lowest BCUT2D eigenvalue weighted by Gasteiger charge is -2.41. The van der Waals surface area contributed by atoms with Gasteiger partial charge >= 0.3 is 30.3 Å². The zero-order valence-corrected chi connectivity index (χ0v) is 50.5. The lowest BCUT2D eigenvalue weighted by Crippen LogP contribution is -2.56. The second-order valence-electron chi connectivity index (χ2n) is 23.3. The van der Waals surface area contributed by atoms with Crippen molar-refractivity contribution in [1.29, 1.82) is 0 Å². The molecule has 4 saturated heterocycles. The number of carbonyl (C=O) groups excluding carboxylic acids is 1. The molecule has 0 bridgehead atoms. The number of amides is 1. The van der Waals surface area contributed by atoms with E-state index in [9.17, 15) is 35.9 Å². The minimum Gasteiger partial charge on any atom is -0.478 e. The van der Waals surface area contributed by atoms with Crippen molar-refractivity contribution in [3.05, 3.63) is 128 Å². The van der Waals surface area contributed by atoms with Crippen LogP contribution in [0.4, 0.5) is 49.4 Å². The van der Waals surface area contributed by atoms with Gasteiger partial charge in [-0.15, -0.1) is 0 Å². The van der Waals surface area contributed by atoms with Crippen molar-refractivity contribution in [1.82, 2.24) is 34.6 Å². The fourth-order valence-corrected chi connectivity index (χ4v) is 12.3. The summed E-state index contributed by atoms with van der Waals surface area (Å²) in [6.45, 7) is 33.0. The predicted octanol–water partition coefficient (Wildman–Crippen LogP) is 9.88. The number of aliphatic carboxylic acids is 1. The molecular formula is C63H81F6N13O5. The molecule has 1 amide bonds. The summed E-state index contributed by atoms with van der Waals surface area (Å²) >= 11 is 0. The van der Waals surface area contributed by atoms with Crippen LogP contribution in [0, 0.1) is 46.8 Å². The lowest BCUT2D eigenvalue weighted by molar-refractivity contribution is -0.132. The number of likely N-dealkylation sites (N-methyl/N-ethyl adjacent to an activating group) is 2. The first kappa shape index (κ1) is 65.3. The Morgan fingerprint density at radius 3 is 1.55 bits per heavy atom. The molecule has 4 atom stereocenters. The topological polar surface area (TPSA) is 156 Å². The average Bonchev–Trinajstić information content (AvgIpc) is 1.19. The molecule has 87 heavy (non-hydrogen) atoms. The number of rotatable bonds is 14. The highest BCUT2D eigenvalue weighted by atomic mass is 19.4. The largest absolute Gasteiger partial charge is 0.478 e. The summed E-state index contributed by atoms with van der Waals surface area (Å²) in [6, 6.07) is 13.8. The van der Waals surface area contributed by atoms with Crippen molar-refractivity contribution in [2.24, 2.45) is 5.92 Å². The van der Waals surface area contributed by atoms with E-state index in [1.165, 1.54) is 51.2 Å². The quantitative estimate of drug-likeness (QED) is 0.0723. The lowest BCUT2D eigenvalue weighted by atomic mass is 9.96. The number of hydrogen-bond donors (Lipinski definition) is 1. The number of hydrogen-bond acceptors (Lipinski definition) is 14. The number of carboxylic acid groups (broad SMARTS) is 1. The summed E-state index contributed by atoms with van der Waals surface area (Å²) in [5.41, 5.74) is 11.8. The molecule has 0 saturated carbocycles. The minimum absolute atomic E-state index is 0. The van der Waals surface area contributed by atoms with Crippen molar-refractivity contribution < 1.29 is 51.9 Å². The number of benzene rings is 2.